The normalized spacial score (nSPS) is 17.2. The zero-order chi connectivity index (χ0) is 18.4. The summed E-state index contributed by atoms with van der Waals surface area (Å²) in [6.07, 6.45) is -4.20. The number of alkyl halides is 3. The SMILES string of the molecule is CN=C(NCc1cccc(C#N)c1)N1CCN(C(C)C(F)(F)F)CC1.I. The monoisotopic (exact) mass is 481 g/mol. The molecule has 1 heterocycles. The highest BCUT2D eigenvalue weighted by Crippen LogP contribution is 2.25. The maximum Gasteiger partial charge on any atom is 0.403 e. The van der Waals surface area contributed by atoms with E-state index < -0.39 is 12.2 Å². The molecule has 0 spiro atoms. The van der Waals surface area contributed by atoms with Gasteiger partial charge in [-0.3, -0.25) is 9.89 Å². The highest BCUT2D eigenvalue weighted by Gasteiger charge is 2.41. The molecule has 9 heteroatoms. The van der Waals surface area contributed by atoms with Crippen molar-refractivity contribution in [2.45, 2.75) is 25.7 Å². The van der Waals surface area contributed by atoms with E-state index >= 15 is 0 Å². The van der Waals surface area contributed by atoms with Crippen LogP contribution in [-0.2, 0) is 6.54 Å². The molecule has 1 aromatic carbocycles. The van der Waals surface area contributed by atoms with Gasteiger partial charge in [0.1, 0.15) is 6.04 Å². The summed E-state index contributed by atoms with van der Waals surface area (Å²) in [5.41, 5.74) is 1.54. The van der Waals surface area contributed by atoms with E-state index in [0.717, 1.165) is 5.56 Å². The van der Waals surface area contributed by atoms with Crippen LogP contribution in [0, 0.1) is 11.3 Å². The van der Waals surface area contributed by atoms with Crippen LogP contribution in [0.5, 0.6) is 0 Å². The van der Waals surface area contributed by atoms with E-state index in [-0.39, 0.29) is 24.0 Å². The molecule has 1 atom stereocenters. The highest BCUT2D eigenvalue weighted by atomic mass is 127. The Labute approximate surface area is 168 Å². The van der Waals surface area contributed by atoms with Crippen LogP contribution >= 0.6 is 24.0 Å². The summed E-state index contributed by atoms with van der Waals surface area (Å²) < 4.78 is 38.4. The van der Waals surface area contributed by atoms with Gasteiger partial charge in [-0.05, 0) is 24.6 Å². The molecule has 1 N–H and O–H groups in total. The average molecular weight is 481 g/mol. The van der Waals surface area contributed by atoms with Crippen molar-refractivity contribution in [2.24, 2.45) is 4.99 Å². The highest BCUT2D eigenvalue weighted by molar-refractivity contribution is 14.0. The summed E-state index contributed by atoms with van der Waals surface area (Å²) in [7, 11) is 1.65. The summed E-state index contributed by atoms with van der Waals surface area (Å²) >= 11 is 0. The van der Waals surface area contributed by atoms with Gasteiger partial charge in [0, 0.05) is 39.8 Å². The number of halogens is 4. The molecule has 0 aliphatic carbocycles. The number of nitrogens with zero attached hydrogens (tertiary/aromatic N) is 4. The van der Waals surface area contributed by atoms with E-state index in [1.807, 2.05) is 17.0 Å². The molecule has 26 heavy (non-hydrogen) atoms. The number of rotatable bonds is 3. The Morgan fingerprint density at radius 3 is 2.50 bits per heavy atom. The van der Waals surface area contributed by atoms with Crippen LogP contribution in [-0.4, -0.2) is 61.2 Å². The second-order valence-corrected chi connectivity index (χ2v) is 5.95. The lowest BCUT2D eigenvalue weighted by Crippen LogP contribution is -2.56. The fourth-order valence-corrected chi connectivity index (χ4v) is 2.79. The van der Waals surface area contributed by atoms with Crippen molar-refractivity contribution in [2.75, 3.05) is 33.2 Å². The summed E-state index contributed by atoms with van der Waals surface area (Å²) in [6, 6.07) is 7.91. The second kappa shape index (κ2) is 9.97. The third kappa shape index (κ3) is 6.02. The number of benzene rings is 1. The van der Waals surface area contributed by atoms with Crippen molar-refractivity contribution in [3.63, 3.8) is 0 Å². The van der Waals surface area contributed by atoms with Crippen molar-refractivity contribution in [3.8, 4) is 6.07 Å². The zero-order valence-corrected chi connectivity index (χ0v) is 17.1. The molecular formula is C17H23F3IN5. The number of nitrogens with one attached hydrogen (secondary N) is 1. The summed E-state index contributed by atoms with van der Waals surface area (Å²) in [5, 5.41) is 12.1. The Morgan fingerprint density at radius 1 is 1.31 bits per heavy atom. The van der Waals surface area contributed by atoms with Gasteiger partial charge in [0.15, 0.2) is 5.96 Å². The number of aliphatic imine (C=N–C) groups is 1. The summed E-state index contributed by atoms with van der Waals surface area (Å²) in [4.78, 5) is 7.61. The van der Waals surface area contributed by atoms with E-state index in [0.29, 0.717) is 44.2 Å². The minimum Gasteiger partial charge on any atom is -0.352 e. The van der Waals surface area contributed by atoms with Crippen LogP contribution in [0.4, 0.5) is 13.2 Å². The predicted octanol–water partition coefficient (Wildman–Crippen LogP) is 2.82. The third-order valence-corrected chi connectivity index (χ3v) is 4.35. The topological polar surface area (TPSA) is 54.7 Å². The molecule has 1 aromatic rings. The Balaban J connectivity index is 0.00000338. The Kier molecular flexibility index (Phi) is 8.62. The van der Waals surface area contributed by atoms with E-state index in [1.54, 1.807) is 19.2 Å². The first kappa shape index (κ1) is 22.5. The van der Waals surface area contributed by atoms with Gasteiger partial charge in [-0.25, -0.2) is 0 Å². The van der Waals surface area contributed by atoms with Crippen LogP contribution in [0.2, 0.25) is 0 Å². The van der Waals surface area contributed by atoms with Gasteiger partial charge in [0.25, 0.3) is 0 Å². The largest absolute Gasteiger partial charge is 0.403 e. The van der Waals surface area contributed by atoms with Crippen molar-refractivity contribution < 1.29 is 13.2 Å². The maximum atomic E-state index is 12.8. The standard InChI is InChI=1S/C17H22F3N5.HI/c1-13(17(18,19)20)24-6-8-25(9-7-24)16(22-2)23-12-15-5-3-4-14(10-15)11-21;/h3-5,10,13H,6-9,12H2,1-2H3,(H,22,23);1H. The molecule has 0 amide bonds. The van der Waals surface area contributed by atoms with Crippen LogP contribution in [0.1, 0.15) is 18.1 Å². The Bertz CT molecular complexity index is 649. The van der Waals surface area contributed by atoms with Crippen LogP contribution in [0.3, 0.4) is 0 Å². The summed E-state index contributed by atoms with van der Waals surface area (Å²) in [5.74, 6) is 0.654. The van der Waals surface area contributed by atoms with Crippen LogP contribution in [0.25, 0.3) is 0 Å². The number of nitriles is 1. The Morgan fingerprint density at radius 2 is 1.96 bits per heavy atom. The van der Waals surface area contributed by atoms with Gasteiger partial charge in [-0.1, -0.05) is 12.1 Å². The quantitative estimate of drug-likeness (QED) is 0.410. The van der Waals surface area contributed by atoms with E-state index in [1.165, 1.54) is 11.8 Å². The minimum absolute atomic E-state index is 0. The van der Waals surface area contributed by atoms with Gasteiger partial charge >= 0.3 is 6.18 Å². The van der Waals surface area contributed by atoms with Gasteiger partial charge in [0.2, 0.25) is 0 Å². The molecule has 0 aromatic heterocycles. The molecule has 1 unspecified atom stereocenters. The first-order chi connectivity index (χ1) is 11.8. The molecule has 0 bridgehead atoms. The van der Waals surface area contributed by atoms with Crippen molar-refractivity contribution in [1.29, 1.82) is 5.26 Å². The molecule has 144 valence electrons. The number of piperazine rings is 1. The van der Waals surface area contributed by atoms with Crippen molar-refractivity contribution >= 4 is 29.9 Å². The molecule has 1 aliphatic rings. The molecule has 1 saturated heterocycles. The molecule has 0 saturated carbocycles. The lowest BCUT2D eigenvalue weighted by atomic mass is 10.1. The third-order valence-electron chi connectivity index (χ3n) is 4.35. The predicted molar refractivity (Wildman–Crippen MR) is 105 cm³/mol. The first-order valence-corrected chi connectivity index (χ1v) is 8.10. The fourth-order valence-electron chi connectivity index (χ4n) is 2.79. The molecular weight excluding hydrogens is 458 g/mol. The van der Waals surface area contributed by atoms with Gasteiger partial charge < -0.3 is 10.2 Å². The minimum atomic E-state index is -4.20. The average Bonchev–Trinajstić information content (AvgIpc) is 2.61. The van der Waals surface area contributed by atoms with E-state index in [4.69, 9.17) is 5.26 Å². The van der Waals surface area contributed by atoms with Gasteiger partial charge in [0.05, 0.1) is 11.6 Å². The van der Waals surface area contributed by atoms with Crippen molar-refractivity contribution in [1.82, 2.24) is 15.1 Å². The lowest BCUT2D eigenvalue weighted by molar-refractivity contribution is -0.181. The first-order valence-electron chi connectivity index (χ1n) is 8.10. The second-order valence-electron chi connectivity index (χ2n) is 5.95. The van der Waals surface area contributed by atoms with Crippen LogP contribution in [0.15, 0.2) is 29.3 Å². The fraction of sp³-hybridized carbons (Fsp3) is 0.529. The smallest absolute Gasteiger partial charge is 0.352 e. The molecule has 1 fully saturated rings. The number of hydrogen-bond donors (Lipinski definition) is 1. The molecule has 0 radical (unpaired) electrons. The van der Waals surface area contributed by atoms with E-state index in [2.05, 4.69) is 16.4 Å². The van der Waals surface area contributed by atoms with Gasteiger partial charge in [-0.2, -0.15) is 18.4 Å². The lowest BCUT2D eigenvalue weighted by Gasteiger charge is -2.39. The molecule has 2 rings (SSSR count). The zero-order valence-electron chi connectivity index (χ0n) is 14.8. The van der Waals surface area contributed by atoms with Crippen molar-refractivity contribution in [3.05, 3.63) is 35.4 Å². The van der Waals surface area contributed by atoms with Gasteiger partial charge in [-0.15, -0.1) is 24.0 Å². The maximum absolute atomic E-state index is 12.8. The molecule has 1 aliphatic heterocycles. The number of hydrogen-bond acceptors (Lipinski definition) is 3. The van der Waals surface area contributed by atoms with Crippen LogP contribution < -0.4 is 5.32 Å². The number of guanidine groups is 1. The Hall–Kier alpha value is -1.54. The van der Waals surface area contributed by atoms with E-state index in [9.17, 15) is 13.2 Å². The molecule has 5 nitrogen and oxygen atoms in total. The summed E-state index contributed by atoms with van der Waals surface area (Å²) in [6.45, 7) is 3.35.